The van der Waals surface area contributed by atoms with E-state index in [1.165, 1.54) is 25.1 Å². The third-order valence-electron chi connectivity index (χ3n) is 3.96. The summed E-state index contributed by atoms with van der Waals surface area (Å²) in [6.07, 6.45) is 3.67. The van der Waals surface area contributed by atoms with Crippen LogP contribution in [0, 0.1) is 11.7 Å². The van der Waals surface area contributed by atoms with Crippen LogP contribution in [0.25, 0.3) is 0 Å². The van der Waals surface area contributed by atoms with Crippen molar-refractivity contribution in [2.45, 2.75) is 38.8 Å². The van der Waals surface area contributed by atoms with Gasteiger partial charge < -0.3 is 5.73 Å². The van der Waals surface area contributed by atoms with Crippen molar-refractivity contribution in [3.05, 3.63) is 29.8 Å². The van der Waals surface area contributed by atoms with Gasteiger partial charge in [-0.1, -0.05) is 0 Å². The van der Waals surface area contributed by atoms with Crippen molar-refractivity contribution < 1.29 is 4.39 Å². The summed E-state index contributed by atoms with van der Waals surface area (Å²) in [5, 5.41) is 0. The van der Waals surface area contributed by atoms with Crippen molar-refractivity contribution >= 4 is 0 Å². The average Bonchev–Trinajstić information content (AvgIpc) is 2.39. The highest BCUT2D eigenvalue weighted by molar-refractivity contribution is 5.09. The Balaban J connectivity index is 2.04. The van der Waals surface area contributed by atoms with E-state index in [9.17, 15) is 4.39 Å². The number of nitrogens with zero attached hydrogens (tertiary/aromatic N) is 2. The van der Waals surface area contributed by atoms with Gasteiger partial charge >= 0.3 is 0 Å². The first kappa shape index (κ1) is 13.4. The number of piperidine rings is 1. The van der Waals surface area contributed by atoms with Crippen molar-refractivity contribution in [3.8, 4) is 0 Å². The van der Waals surface area contributed by atoms with Crippen LogP contribution in [0.2, 0.25) is 0 Å². The Hall–Kier alpha value is -1.00. The first-order valence-electron chi connectivity index (χ1n) is 6.69. The summed E-state index contributed by atoms with van der Waals surface area (Å²) in [4.78, 5) is 6.58. The summed E-state index contributed by atoms with van der Waals surface area (Å²) in [5.41, 5.74) is 6.93. The number of aromatic nitrogens is 1. The van der Waals surface area contributed by atoms with Crippen LogP contribution in [0.5, 0.6) is 0 Å². The lowest BCUT2D eigenvalue weighted by atomic mass is 9.91. The molecule has 0 radical (unpaired) electrons. The fourth-order valence-corrected chi connectivity index (χ4v) is 2.64. The second kappa shape index (κ2) is 5.76. The first-order valence-corrected chi connectivity index (χ1v) is 6.69. The molecule has 1 aromatic rings. The average molecular weight is 251 g/mol. The third kappa shape index (κ3) is 3.06. The second-order valence-corrected chi connectivity index (χ2v) is 5.33. The fourth-order valence-electron chi connectivity index (χ4n) is 2.64. The molecule has 3 unspecified atom stereocenters. The van der Waals surface area contributed by atoms with E-state index in [-0.39, 0.29) is 17.9 Å². The van der Waals surface area contributed by atoms with Crippen LogP contribution in [-0.2, 0) is 0 Å². The zero-order chi connectivity index (χ0) is 13.1. The van der Waals surface area contributed by atoms with E-state index >= 15 is 0 Å². The fraction of sp³-hybridized carbons (Fsp3) is 0.643. The molecule has 2 rings (SSSR count). The zero-order valence-electron chi connectivity index (χ0n) is 11.1. The molecule has 0 aromatic carbocycles. The minimum atomic E-state index is -0.280. The molecule has 0 aliphatic carbocycles. The highest BCUT2D eigenvalue weighted by atomic mass is 19.1. The van der Waals surface area contributed by atoms with Gasteiger partial charge in [-0.15, -0.1) is 0 Å². The van der Waals surface area contributed by atoms with E-state index in [4.69, 9.17) is 5.73 Å². The summed E-state index contributed by atoms with van der Waals surface area (Å²) in [6, 6.07) is 3.72. The predicted octanol–water partition coefficient (Wildman–Crippen LogP) is 2.34. The number of halogens is 1. The molecule has 0 amide bonds. The molecule has 0 saturated carbocycles. The molecule has 2 N–H and O–H groups in total. The number of hydrogen-bond donors (Lipinski definition) is 1. The lowest BCUT2D eigenvalue weighted by Crippen LogP contribution is -2.43. The molecule has 0 bridgehead atoms. The van der Waals surface area contributed by atoms with Gasteiger partial charge in [0.25, 0.3) is 0 Å². The number of pyridine rings is 1. The Morgan fingerprint density at radius 2 is 2.22 bits per heavy atom. The second-order valence-electron chi connectivity index (χ2n) is 5.33. The Bertz CT molecular complexity index is 377. The van der Waals surface area contributed by atoms with Crippen molar-refractivity contribution in [2.24, 2.45) is 11.7 Å². The van der Waals surface area contributed by atoms with Gasteiger partial charge in [0, 0.05) is 18.6 Å². The van der Waals surface area contributed by atoms with Gasteiger partial charge in [-0.3, -0.25) is 9.88 Å². The molecule has 0 spiro atoms. The highest BCUT2D eigenvalue weighted by Crippen LogP contribution is 2.26. The van der Waals surface area contributed by atoms with Crippen LogP contribution in [0.4, 0.5) is 4.39 Å². The molecule has 3 nitrogen and oxygen atoms in total. The van der Waals surface area contributed by atoms with Crippen LogP contribution in [0.1, 0.15) is 38.4 Å². The summed E-state index contributed by atoms with van der Waals surface area (Å²) in [7, 11) is 0. The Kier molecular flexibility index (Phi) is 4.30. The van der Waals surface area contributed by atoms with Gasteiger partial charge in [-0.05, 0) is 51.3 Å². The van der Waals surface area contributed by atoms with Crippen LogP contribution in [0.3, 0.4) is 0 Å². The lowest BCUT2D eigenvalue weighted by molar-refractivity contribution is 0.119. The number of hydrogen-bond acceptors (Lipinski definition) is 3. The van der Waals surface area contributed by atoms with Crippen LogP contribution >= 0.6 is 0 Å². The first-order chi connectivity index (χ1) is 8.58. The Morgan fingerprint density at radius 3 is 2.83 bits per heavy atom. The van der Waals surface area contributed by atoms with Crippen molar-refractivity contribution in [1.82, 2.24) is 9.88 Å². The molecule has 1 saturated heterocycles. The summed E-state index contributed by atoms with van der Waals surface area (Å²) >= 11 is 0. The van der Waals surface area contributed by atoms with E-state index < -0.39 is 0 Å². The molecular weight excluding hydrogens is 229 g/mol. The SMILES string of the molecule is CC(N)C1CCCN(C(C)c2ccc(F)cn2)C1. The predicted molar refractivity (Wildman–Crippen MR) is 70.6 cm³/mol. The number of likely N-dealkylation sites (tertiary alicyclic amines) is 1. The maximum atomic E-state index is 12.9. The maximum Gasteiger partial charge on any atom is 0.141 e. The van der Waals surface area contributed by atoms with E-state index in [0.717, 1.165) is 18.8 Å². The Labute approximate surface area is 108 Å². The van der Waals surface area contributed by atoms with Crippen molar-refractivity contribution in [3.63, 3.8) is 0 Å². The minimum Gasteiger partial charge on any atom is -0.328 e. The molecule has 1 aliphatic heterocycles. The molecule has 2 heterocycles. The molecule has 4 heteroatoms. The zero-order valence-corrected chi connectivity index (χ0v) is 11.1. The van der Waals surface area contributed by atoms with Crippen LogP contribution in [0.15, 0.2) is 18.3 Å². The van der Waals surface area contributed by atoms with Crippen molar-refractivity contribution in [2.75, 3.05) is 13.1 Å². The maximum absolute atomic E-state index is 12.9. The largest absolute Gasteiger partial charge is 0.328 e. The molecule has 100 valence electrons. The van der Waals surface area contributed by atoms with Crippen LogP contribution in [-0.4, -0.2) is 29.0 Å². The van der Waals surface area contributed by atoms with Crippen molar-refractivity contribution in [1.29, 1.82) is 0 Å². The molecule has 1 aliphatic rings. The highest BCUT2D eigenvalue weighted by Gasteiger charge is 2.26. The van der Waals surface area contributed by atoms with Gasteiger partial charge in [0.05, 0.1) is 11.9 Å². The van der Waals surface area contributed by atoms with E-state index in [1.807, 2.05) is 0 Å². The third-order valence-corrected chi connectivity index (χ3v) is 3.96. The van der Waals surface area contributed by atoms with Gasteiger partial charge in [0.2, 0.25) is 0 Å². The topological polar surface area (TPSA) is 42.1 Å². The molecule has 1 fully saturated rings. The summed E-state index contributed by atoms with van der Waals surface area (Å²) in [6.45, 7) is 6.29. The van der Waals surface area contributed by atoms with Gasteiger partial charge in [-0.25, -0.2) is 4.39 Å². The number of rotatable bonds is 3. The molecule has 3 atom stereocenters. The summed E-state index contributed by atoms with van der Waals surface area (Å²) < 4.78 is 12.9. The minimum absolute atomic E-state index is 0.229. The van der Waals surface area contributed by atoms with Gasteiger partial charge in [0.15, 0.2) is 0 Å². The van der Waals surface area contributed by atoms with Gasteiger partial charge in [-0.2, -0.15) is 0 Å². The van der Waals surface area contributed by atoms with E-state index in [0.29, 0.717) is 5.92 Å². The standard InChI is InChI=1S/C14H22FN3/c1-10(16)12-4-3-7-18(9-12)11(2)14-6-5-13(15)8-17-14/h5-6,8,10-12H,3-4,7,9,16H2,1-2H3. The monoisotopic (exact) mass is 251 g/mol. The van der Waals surface area contributed by atoms with E-state index in [1.54, 1.807) is 6.07 Å². The lowest BCUT2D eigenvalue weighted by Gasteiger charge is -2.38. The summed E-state index contributed by atoms with van der Waals surface area (Å²) in [5.74, 6) is 0.277. The normalized spacial score (nSPS) is 24.8. The molecular formula is C14H22FN3. The quantitative estimate of drug-likeness (QED) is 0.896. The number of nitrogens with two attached hydrogens (primary N) is 1. The van der Waals surface area contributed by atoms with E-state index in [2.05, 4.69) is 23.7 Å². The smallest absolute Gasteiger partial charge is 0.141 e. The molecule has 1 aromatic heterocycles. The Morgan fingerprint density at radius 1 is 1.44 bits per heavy atom. The van der Waals surface area contributed by atoms with Gasteiger partial charge in [0.1, 0.15) is 5.82 Å². The molecule has 18 heavy (non-hydrogen) atoms. The van der Waals surface area contributed by atoms with Crippen LogP contribution < -0.4 is 5.73 Å².